The summed E-state index contributed by atoms with van der Waals surface area (Å²) in [5.41, 5.74) is 1.70. The Morgan fingerprint density at radius 1 is 1.05 bits per heavy atom. The maximum Gasteiger partial charge on any atom is 0.350 e. The lowest BCUT2D eigenvalue weighted by Crippen LogP contribution is -2.22. The SMILES string of the molecule is O=c1n(CCCNc2ccccc2)nc2ccccn12. The molecule has 0 atom stereocenters. The van der Waals surface area contributed by atoms with E-state index in [2.05, 4.69) is 10.4 Å². The van der Waals surface area contributed by atoms with Crippen molar-refractivity contribution >= 4 is 11.3 Å². The molecule has 0 unspecified atom stereocenters. The van der Waals surface area contributed by atoms with E-state index in [1.165, 1.54) is 4.68 Å². The summed E-state index contributed by atoms with van der Waals surface area (Å²) in [6, 6.07) is 15.6. The summed E-state index contributed by atoms with van der Waals surface area (Å²) in [6.45, 7) is 1.42. The van der Waals surface area contributed by atoms with Gasteiger partial charge in [0, 0.05) is 25.0 Å². The highest BCUT2D eigenvalue weighted by Gasteiger charge is 2.04. The molecule has 0 bridgehead atoms. The number of fused-ring (bicyclic) bond motifs is 1. The maximum absolute atomic E-state index is 12.0. The first-order valence-corrected chi connectivity index (χ1v) is 6.68. The number of rotatable bonds is 5. The van der Waals surface area contributed by atoms with Gasteiger partial charge >= 0.3 is 5.69 Å². The Kier molecular flexibility index (Phi) is 3.50. The van der Waals surface area contributed by atoms with Crippen molar-refractivity contribution < 1.29 is 0 Å². The minimum absolute atomic E-state index is 0.0830. The minimum atomic E-state index is -0.0830. The molecule has 0 fully saturated rings. The molecule has 0 radical (unpaired) electrons. The summed E-state index contributed by atoms with van der Waals surface area (Å²) in [7, 11) is 0. The van der Waals surface area contributed by atoms with Crippen molar-refractivity contribution in [1.82, 2.24) is 14.2 Å². The zero-order valence-corrected chi connectivity index (χ0v) is 11.1. The van der Waals surface area contributed by atoms with E-state index in [1.54, 1.807) is 10.6 Å². The fourth-order valence-electron chi connectivity index (χ4n) is 2.13. The number of pyridine rings is 1. The average molecular weight is 268 g/mol. The van der Waals surface area contributed by atoms with Crippen LogP contribution >= 0.6 is 0 Å². The van der Waals surface area contributed by atoms with Crippen molar-refractivity contribution in [1.29, 1.82) is 0 Å². The summed E-state index contributed by atoms with van der Waals surface area (Å²) < 4.78 is 3.08. The van der Waals surface area contributed by atoms with Crippen LogP contribution in [0.3, 0.4) is 0 Å². The number of hydrogen-bond acceptors (Lipinski definition) is 3. The monoisotopic (exact) mass is 268 g/mol. The molecule has 102 valence electrons. The molecule has 0 aliphatic carbocycles. The van der Waals surface area contributed by atoms with Gasteiger partial charge in [-0.25, -0.2) is 9.48 Å². The Hall–Kier alpha value is -2.56. The second kappa shape index (κ2) is 5.61. The third-order valence-electron chi connectivity index (χ3n) is 3.14. The van der Waals surface area contributed by atoms with Crippen LogP contribution in [-0.2, 0) is 6.54 Å². The molecule has 2 heterocycles. The van der Waals surface area contributed by atoms with Crippen molar-refractivity contribution in [2.45, 2.75) is 13.0 Å². The molecule has 0 aliphatic heterocycles. The van der Waals surface area contributed by atoms with E-state index in [4.69, 9.17) is 0 Å². The summed E-state index contributed by atoms with van der Waals surface area (Å²) in [5.74, 6) is 0. The van der Waals surface area contributed by atoms with Gasteiger partial charge in [-0.2, -0.15) is 0 Å². The predicted octanol–water partition coefficient (Wildman–Crippen LogP) is 2.00. The highest BCUT2D eigenvalue weighted by atomic mass is 16.2. The molecule has 1 aromatic carbocycles. The second-order valence-corrected chi connectivity index (χ2v) is 4.58. The number of nitrogens with zero attached hydrogens (tertiary/aromatic N) is 3. The van der Waals surface area contributed by atoms with E-state index in [0.717, 1.165) is 18.7 Å². The number of para-hydroxylation sites is 1. The molecule has 0 spiro atoms. The molecule has 3 aromatic rings. The Bertz CT molecular complexity index is 745. The smallest absolute Gasteiger partial charge is 0.350 e. The van der Waals surface area contributed by atoms with E-state index in [9.17, 15) is 4.79 Å². The van der Waals surface area contributed by atoms with Gasteiger partial charge in [-0.05, 0) is 30.7 Å². The lowest BCUT2D eigenvalue weighted by atomic mass is 10.3. The van der Waals surface area contributed by atoms with Crippen LogP contribution in [0.15, 0.2) is 59.5 Å². The molecule has 0 aliphatic rings. The molecule has 3 rings (SSSR count). The van der Waals surface area contributed by atoms with Crippen molar-refractivity contribution in [3.8, 4) is 0 Å². The van der Waals surface area contributed by atoms with Gasteiger partial charge in [0.2, 0.25) is 0 Å². The van der Waals surface area contributed by atoms with E-state index >= 15 is 0 Å². The van der Waals surface area contributed by atoms with Crippen LogP contribution < -0.4 is 11.0 Å². The Labute approximate surface area is 116 Å². The van der Waals surface area contributed by atoms with Gasteiger partial charge in [-0.3, -0.25) is 4.40 Å². The fraction of sp³-hybridized carbons (Fsp3) is 0.200. The molecule has 0 saturated carbocycles. The number of nitrogens with one attached hydrogen (secondary N) is 1. The molecular weight excluding hydrogens is 252 g/mol. The van der Waals surface area contributed by atoms with Crippen LogP contribution in [0, 0.1) is 0 Å². The first kappa shape index (κ1) is 12.5. The van der Waals surface area contributed by atoms with Gasteiger partial charge < -0.3 is 5.32 Å². The number of benzene rings is 1. The van der Waals surface area contributed by atoms with Crippen LogP contribution in [0.25, 0.3) is 5.65 Å². The van der Waals surface area contributed by atoms with Crippen molar-refractivity contribution in [2.24, 2.45) is 0 Å². The largest absolute Gasteiger partial charge is 0.385 e. The van der Waals surface area contributed by atoms with E-state index in [0.29, 0.717) is 12.2 Å². The summed E-state index contributed by atoms with van der Waals surface area (Å²) in [4.78, 5) is 12.0. The van der Waals surface area contributed by atoms with E-state index in [1.807, 2.05) is 48.5 Å². The summed E-state index contributed by atoms with van der Waals surface area (Å²) >= 11 is 0. The zero-order valence-electron chi connectivity index (χ0n) is 11.1. The molecule has 20 heavy (non-hydrogen) atoms. The number of anilines is 1. The van der Waals surface area contributed by atoms with Crippen molar-refractivity contribution in [2.75, 3.05) is 11.9 Å². The van der Waals surface area contributed by atoms with E-state index < -0.39 is 0 Å². The average Bonchev–Trinajstić information content (AvgIpc) is 2.82. The van der Waals surface area contributed by atoms with Crippen molar-refractivity contribution in [3.63, 3.8) is 0 Å². The third kappa shape index (κ3) is 2.56. The zero-order chi connectivity index (χ0) is 13.8. The minimum Gasteiger partial charge on any atom is -0.385 e. The Balaban J connectivity index is 1.60. The number of hydrogen-bond donors (Lipinski definition) is 1. The third-order valence-corrected chi connectivity index (χ3v) is 3.14. The molecule has 0 saturated heterocycles. The van der Waals surface area contributed by atoms with Crippen LogP contribution in [0.2, 0.25) is 0 Å². The van der Waals surface area contributed by atoms with Crippen LogP contribution in [0.1, 0.15) is 6.42 Å². The topological polar surface area (TPSA) is 51.3 Å². The maximum atomic E-state index is 12.0. The van der Waals surface area contributed by atoms with Gasteiger partial charge in [0.25, 0.3) is 0 Å². The Morgan fingerprint density at radius 3 is 2.65 bits per heavy atom. The lowest BCUT2D eigenvalue weighted by molar-refractivity contribution is 0.572. The molecule has 0 amide bonds. The molecule has 5 nitrogen and oxygen atoms in total. The van der Waals surface area contributed by atoms with Gasteiger partial charge in [-0.15, -0.1) is 5.10 Å². The van der Waals surface area contributed by atoms with Gasteiger partial charge in [0.15, 0.2) is 5.65 Å². The van der Waals surface area contributed by atoms with Gasteiger partial charge in [0.05, 0.1) is 0 Å². The first-order chi connectivity index (χ1) is 9.84. The van der Waals surface area contributed by atoms with Crippen LogP contribution in [0.5, 0.6) is 0 Å². The van der Waals surface area contributed by atoms with Crippen molar-refractivity contribution in [3.05, 3.63) is 65.2 Å². The van der Waals surface area contributed by atoms with Gasteiger partial charge in [-0.1, -0.05) is 24.3 Å². The number of aryl methyl sites for hydroxylation is 1. The second-order valence-electron chi connectivity index (χ2n) is 4.58. The standard InChI is InChI=1S/C15H16N4O/c20-15-18-11-5-4-9-14(18)17-19(15)12-6-10-16-13-7-2-1-3-8-13/h1-5,7-9,11,16H,6,10,12H2. The molecule has 2 aromatic heterocycles. The normalized spacial score (nSPS) is 10.8. The Morgan fingerprint density at radius 2 is 1.85 bits per heavy atom. The highest BCUT2D eigenvalue weighted by Crippen LogP contribution is 2.04. The first-order valence-electron chi connectivity index (χ1n) is 6.68. The lowest BCUT2D eigenvalue weighted by Gasteiger charge is -2.05. The summed E-state index contributed by atoms with van der Waals surface area (Å²) in [6.07, 6.45) is 2.59. The van der Waals surface area contributed by atoms with Gasteiger partial charge in [0.1, 0.15) is 0 Å². The van der Waals surface area contributed by atoms with Crippen LogP contribution in [0.4, 0.5) is 5.69 Å². The molecule has 5 heteroatoms. The molecular formula is C15H16N4O. The summed E-state index contributed by atoms with van der Waals surface area (Å²) in [5, 5.41) is 7.61. The molecule has 1 N–H and O–H groups in total. The van der Waals surface area contributed by atoms with Crippen LogP contribution in [-0.4, -0.2) is 20.7 Å². The number of aromatic nitrogens is 3. The quantitative estimate of drug-likeness (QED) is 0.720. The highest BCUT2D eigenvalue weighted by molar-refractivity contribution is 5.42. The fourth-order valence-corrected chi connectivity index (χ4v) is 2.13. The van der Waals surface area contributed by atoms with E-state index in [-0.39, 0.29) is 5.69 Å². The predicted molar refractivity (Wildman–Crippen MR) is 79.0 cm³/mol.